The van der Waals surface area contributed by atoms with Crippen molar-refractivity contribution < 1.29 is 9.32 Å². The van der Waals surface area contributed by atoms with Crippen molar-refractivity contribution in [3.63, 3.8) is 0 Å². The SMILES string of the molecule is O=C1C[C@@H](c2nc(-c3ccccn3)no2)CN1Cc1ccccc1. The number of likely N-dealkylation sites (tertiary alicyclic amines) is 1. The Morgan fingerprint density at radius 1 is 1.12 bits per heavy atom. The Balaban J connectivity index is 1.48. The lowest BCUT2D eigenvalue weighted by atomic mass is 10.1. The second kappa shape index (κ2) is 6.23. The van der Waals surface area contributed by atoms with Gasteiger partial charge in [0.15, 0.2) is 0 Å². The summed E-state index contributed by atoms with van der Waals surface area (Å²) in [6.45, 7) is 1.20. The van der Waals surface area contributed by atoms with E-state index >= 15 is 0 Å². The molecule has 1 aliphatic rings. The molecule has 1 amide bonds. The van der Waals surface area contributed by atoms with E-state index in [1.807, 2.05) is 53.4 Å². The second-order valence-corrected chi connectivity index (χ2v) is 5.83. The van der Waals surface area contributed by atoms with Gasteiger partial charge in [-0.25, -0.2) is 0 Å². The van der Waals surface area contributed by atoms with Gasteiger partial charge in [0.25, 0.3) is 0 Å². The van der Waals surface area contributed by atoms with Crippen LogP contribution in [0, 0.1) is 0 Å². The van der Waals surface area contributed by atoms with Gasteiger partial charge in [-0.2, -0.15) is 4.98 Å². The monoisotopic (exact) mass is 320 g/mol. The summed E-state index contributed by atoms with van der Waals surface area (Å²) in [5.74, 6) is 1.01. The maximum Gasteiger partial charge on any atom is 0.232 e. The Morgan fingerprint density at radius 2 is 1.96 bits per heavy atom. The molecule has 1 fully saturated rings. The van der Waals surface area contributed by atoms with E-state index in [0.29, 0.717) is 36.9 Å². The van der Waals surface area contributed by atoms with Crippen molar-refractivity contribution in [1.82, 2.24) is 20.0 Å². The first-order valence-corrected chi connectivity index (χ1v) is 7.86. The Morgan fingerprint density at radius 3 is 2.75 bits per heavy atom. The molecule has 3 aromatic rings. The van der Waals surface area contributed by atoms with Crippen molar-refractivity contribution in [3.05, 3.63) is 66.2 Å². The summed E-state index contributed by atoms with van der Waals surface area (Å²) < 4.78 is 5.37. The Kier molecular flexibility index (Phi) is 3.78. The van der Waals surface area contributed by atoms with Gasteiger partial charge in [0, 0.05) is 25.7 Å². The minimum Gasteiger partial charge on any atom is -0.339 e. The fourth-order valence-corrected chi connectivity index (χ4v) is 2.89. The van der Waals surface area contributed by atoms with Gasteiger partial charge in [-0.05, 0) is 17.7 Å². The van der Waals surface area contributed by atoms with Crippen molar-refractivity contribution >= 4 is 5.91 Å². The summed E-state index contributed by atoms with van der Waals surface area (Å²) in [5, 5.41) is 3.99. The van der Waals surface area contributed by atoms with Crippen molar-refractivity contribution in [2.45, 2.75) is 18.9 Å². The van der Waals surface area contributed by atoms with Gasteiger partial charge in [-0.3, -0.25) is 9.78 Å². The number of hydrogen-bond acceptors (Lipinski definition) is 5. The first-order valence-electron chi connectivity index (χ1n) is 7.86. The third-order valence-corrected chi connectivity index (χ3v) is 4.12. The van der Waals surface area contributed by atoms with Crippen LogP contribution in [0.3, 0.4) is 0 Å². The molecule has 0 bridgehead atoms. The average Bonchev–Trinajstić information content (AvgIpc) is 3.24. The molecular formula is C18H16N4O2. The Bertz CT molecular complexity index is 832. The van der Waals surface area contributed by atoms with Crippen molar-refractivity contribution in [2.24, 2.45) is 0 Å². The zero-order chi connectivity index (χ0) is 16.4. The van der Waals surface area contributed by atoms with E-state index in [1.165, 1.54) is 0 Å². The summed E-state index contributed by atoms with van der Waals surface area (Å²) >= 11 is 0. The lowest BCUT2D eigenvalue weighted by Gasteiger charge is -2.15. The highest BCUT2D eigenvalue weighted by Gasteiger charge is 2.34. The van der Waals surface area contributed by atoms with E-state index in [4.69, 9.17) is 4.52 Å². The molecule has 120 valence electrons. The number of hydrogen-bond donors (Lipinski definition) is 0. The summed E-state index contributed by atoms with van der Waals surface area (Å²) in [5.41, 5.74) is 1.78. The molecule has 0 N–H and O–H groups in total. The highest BCUT2D eigenvalue weighted by Crippen LogP contribution is 2.29. The Hall–Kier alpha value is -3.02. The number of rotatable bonds is 4. The topological polar surface area (TPSA) is 72.1 Å². The zero-order valence-electron chi connectivity index (χ0n) is 13.0. The molecule has 1 aromatic carbocycles. The van der Waals surface area contributed by atoms with Gasteiger partial charge in [0.05, 0.1) is 5.92 Å². The van der Waals surface area contributed by atoms with Crippen molar-refractivity contribution in [2.75, 3.05) is 6.54 Å². The maximum atomic E-state index is 12.3. The molecule has 2 aromatic heterocycles. The molecular weight excluding hydrogens is 304 g/mol. The van der Waals surface area contributed by atoms with Crippen LogP contribution < -0.4 is 0 Å². The first kappa shape index (κ1) is 14.6. The predicted molar refractivity (Wildman–Crippen MR) is 86.7 cm³/mol. The van der Waals surface area contributed by atoms with E-state index < -0.39 is 0 Å². The molecule has 4 rings (SSSR count). The van der Waals surface area contributed by atoms with E-state index in [9.17, 15) is 4.79 Å². The number of amides is 1. The maximum absolute atomic E-state index is 12.3. The van der Waals surface area contributed by atoms with Crippen LogP contribution in [0.4, 0.5) is 0 Å². The van der Waals surface area contributed by atoms with E-state index in [0.717, 1.165) is 5.56 Å². The molecule has 3 heterocycles. The molecule has 1 aliphatic heterocycles. The summed E-state index contributed by atoms with van der Waals surface area (Å²) in [7, 11) is 0. The zero-order valence-corrected chi connectivity index (χ0v) is 13.0. The van der Waals surface area contributed by atoms with Crippen molar-refractivity contribution in [1.29, 1.82) is 0 Å². The molecule has 24 heavy (non-hydrogen) atoms. The van der Waals surface area contributed by atoms with Crippen LogP contribution in [0.1, 0.15) is 23.8 Å². The normalized spacial score (nSPS) is 17.4. The van der Waals surface area contributed by atoms with E-state index in [-0.39, 0.29) is 11.8 Å². The third-order valence-electron chi connectivity index (χ3n) is 4.12. The number of carbonyl (C=O) groups is 1. The largest absolute Gasteiger partial charge is 0.339 e. The van der Waals surface area contributed by atoms with Crippen LogP contribution in [-0.4, -0.2) is 32.5 Å². The quantitative estimate of drug-likeness (QED) is 0.739. The molecule has 0 radical (unpaired) electrons. The number of aromatic nitrogens is 3. The van der Waals surface area contributed by atoms with Gasteiger partial charge >= 0.3 is 0 Å². The fourth-order valence-electron chi connectivity index (χ4n) is 2.89. The fraction of sp³-hybridized carbons (Fsp3) is 0.222. The summed E-state index contributed by atoms with van der Waals surface area (Å²) in [6, 6.07) is 15.5. The molecule has 0 aliphatic carbocycles. The Labute approximate surface area is 139 Å². The van der Waals surface area contributed by atoms with Crippen LogP contribution in [0.5, 0.6) is 0 Å². The number of carbonyl (C=O) groups excluding carboxylic acids is 1. The average molecular weight is 320 g/mol. The molecule has 0 saturated carbocycles. The van der Waals surface area contributed by atoms with Crippen LogP contribution >= 0.6 is 0 Å². The highest BCUT2D eigenvalue weighted by atomic mass is 16.5. The van der Waals surface area contributed by atoms with Crippen LogP contribution in [-0.2, 0) is 11.3 Å². The van der Waals surface area contributed by atoms with Gasteiger partial charge in [-0.1, -0.05) is 41.6 Å². The summed E-state index contributed by atoms with van der Waals surface area (Å²) in [4.78, 5) is 22.7. The second-order valence-electron chi connectivity index (χ2n) is 5.83. The standard InChI is InChI=1S/C18H16N4O2/c23-16-10-14(12-22(16)11-13-6-2-1-3-7-13)18-20-17(21-24-18)15-8-4-5-9-19-15/h1-9,14H,10-12H2/t14-/m1/s1. The third kappa shape index (κ3) is 2.90. The van der Waals surface area contributed by atoms with Gasteiger partial charge in [-0.15, -0.1) is 0 Å². The molecule has 6 nitrogen and oxygen atoms in total. The molecule has 0 unspecified atom stereocenters. The van der Waals surface area contributed by atoms with Crippen molar-refractivity contribution in [3.8, 4) is 11.5 Å². The number of pyridine rings is 1. The smallest absolute Gasteiger partial charge is 0.232 e. The highest BCUT2D eigenvalue weighted by molar-refractivity contribution is 5.79. The summed E-state index contributed by atoms with van der Waals surface area (Å²) in [6.07, 6.45) is 2.09. The molecule has 1 atom stereocenters. The van der Waals surface area contributed by atoms with E-state index in [2.05, 4.69) is 15.1 Å². The van der Waals surface area contributed by atoms with E-state index in [1.54, 1.807) is 6.20 Å². The van der Waals surface area contributed by atoms with Crippen LogP contribution in [0.25, 0.3) is 11.5 Å². The molecule has 0 spiro atoms. The number of benzene rings is 1. The van der Waals surface area contributed by atoms with Gasteiger partial charge < -0.3 is 9.42 Å². The lowest BCUT2D eigenvalue weighted by molar-refractivity contribution is -0.128. The minimum atomic E-state index is -0.0637. The van der Waals surface area contributed by atoms with Crippen LogP contribution in [0.2, 0.25) is 0 Å². The molecule has 6 heteroatoms. The first-order chi connectivity index (χ1) is 11.8. The van der Waals surface area contributed by atoms with Gasteiger partial charge in [0.1, 0.15) is 5.69 Å². The van der Waals surface area contributed by atoms with Crippen LogP contribution in [0.15, 0.2) is 59.3 Å². The minimum absolute atomic E-state index is 0.0637. The van der Waals surface area contributed by atoms with Gasteiger partial charge in [0.2, 0.25) is 17.6 Å². The molecule has 1 saturated heterocycles. The predicted octanol–water partition coefficient (Wildman–Crippen LogP) is 2.65. The lowest BCUT2D eigenvalue weighted by Crippen LogP contribution is -2.24. The number of nitrogens with zero attached hydrogens (tertiary/aromatic N) is 4.